The minimum atomic E-state index is -0.756. The third-order valence-electron chi connectivity index (χ3n) is 5.65. The summed E-state index contributed by atoms with van der Waals surface area (Å²) in [6.45, 7) is 1.44. The van der Waals surface area contributed by atoms with E-state index in [1.807, 2.05) is 0 Å². The Morgan fingerprint density at radius 2 is 1.84 bits per heavy atom. The quantitative estimate of drug-likeness (QED) is 0.604. The number of halogens is 2. The number of rotatable bonds is 7. The maximum absolute atomic E-state index is 13.2. The zero-order valence-electron chi connectivity index (χ0n) is 17.1. The van der Waals surface area contributed by atoms with Crippen LogP contribution < -0.4 is 21.5 Å². The third-order valence-corrected chi connectivity index (χ3v) is 5.89. The highest BCUT2D eigenvalue weighted by Gasteiger charge is 2.35. The van der Waals surface area contributed by atoms with E-state index >= 15 is 0 Å². The van der Waals surface area contributed by atoms with Gasteiger partial charge in [0.1, 0.15) is 11.6 Å². The highest BCUT2D eigenvalue weighted by atomic mass is 35.5. The first-order valence-corrected chi connectivity index (χ1v) is 10.4. The average Bonchev–Trinajstić information content (AvgIpc) is 2.75. The van der Waals surface area contributed by atoms with Crippen LogP contribution in [0.15, 0.2) is 42.5 Å². The Morgan fingerprint density at radius 1 is 1.16 bits per heavy atom. The molecule has 0 saturated carbocycles. The van der Waals surface area contributed by atoms with Crippen LogP contribution >= 0.6 is 11.6 Å². The highest BCUT2D eigenvalue weighted by molar-refractivity contribution is 6.31. The molecule has 1 aliphatic heterocycles. The molecule has 9 heteroatoms. The first-order chi connectivity index (χ1) is 14.8. The number of likely N-dealkylation sites (tertiary alicyclic amines) is 1. The molecule has 0 spiro atoms. The molecule has 0 atom stereocenters. The van der Waals surface area contributed by atoms with Crippen LogP contribution in [0.3, 0.4) is 0 Å². The predicted molar refractivity (Wildman–Crippen MR) is 118 cm³/mol. The molecule has 166 valence electrons. The first kappa shape index (κ1) is 22.8. The summed E-state index contributed by atoms with van der Waals surface area (Å²) in [5, 5.41) is 2.83. The normalized spacial score (nSPS) is 15.4. The fraction of sp³-hybridized carbons (Fsp3) is 0.364. The number of anilines is 1. The van der Waals surface area contributed by atoms with E-state index in [1.54, 1.807) is 29.2 Å². The van der Waals surface area contributed by atoms with E-state index < -0.39 is 6.03 Å². The minimum absolute atomic E-state index is 0.121. The molecule has 3 amide bonds. The van der Waals surface area contributed by atoms with Crippen molar-refractivity contribution in [3.05, 3.63) is 58.9 Å². The predicted octanol–water partition coefficient (Wildman–Crippen LogP) is 3.16. The molecule has 0 radical (unpaired) electrons. The third kappa shape index (κ3) is 6.08. The average molecular weight is 449 g/mol. The summed E-state index contributed by atoms with van der Waals surface area (Å²) < 4.78 is 18.8. The van der Waals surface area contributed by atoms with E-state index in [0.717, 1.165) is 24.8 Å². The second-order valence-corrected chi connectivity index (χ2v) is 8.24. The molecule has 1 heterocycles. The van der Waals surface area contributed by atoms with Crippen molar-refractivity contribution in [3.8, 4) is 5.75 Å². The molecule has 0 aliphatic carbocycles. The van der Waals surface area contributed by atoms with Crippen LogP contribution in [-0.4, -0.2) is 43.1 Å². The van der Waals surface area contributed by atoms with Gasteiger partial charge in [0.05, 0.1) is 5.69 Å². The minimum Gasteiger partial charge on any atom is -0.482 e. The Labute approximate surface area is 185 Å². The van der Waals surface area contributed by atoms with Gasteiger partial charge in [-0.25, -0.2) is 9.18 Å². The van der Waals surface area contributed by atoms with Gasteiger partial charge < -0.3 is 26.4 Å². The van der Waals surface area contributed by atoms with E-state index in [0.29, 0.717) is 36.1 Å². The van der Waals surface area contributed by atoms with Crippen LogP contribution in [0, 0.1) is 11.2 Å². The van der Waals surface area contributed by atoms with Gasteiger partial charge in [-0.1, -0.05) is 23.7 Å². The lowest BCUT2D eigenvalue weighted by atomic mass is 9.74. The van der Waals surface area contributed by atoms with E-state index in [4.69, 9.17) is 27.8 Å². The molecule has 3 rings (SSSR count). The van der Waals surface area contributed by atoms with Crippen molar-refractivity contribution in [2.75, 3.05) is 31.6 Å². The summed E-state index contributed by atoms with van der Waals surface area (Å²) in [4.78, 5) is 25.6. The maximum Gasteiger partial charge on any atom is 0.316 e. The standard InChI is InChI=1S/C22H26ClFN4O3/c23-16-3-6-19(18(11-16)27-21(26)30)31-13-20(29)28-9-7-22(14-25,8-10-28)12-15-1-4-17(24)5-2-15/h1-6,11H,7-10,12-14,25H2,(H3,26,27,30). The topological polar surface area (TPSA) is 111 Å². The van der Waals surface area contributed by atoms with Crippen molar-refractivity contribution >= 4 is 29.2 Å². The Hall–Kier alpha value is -2.84. The second kappa shape index (κ2) is 9.98. The van der Waals surface area contributed by atoms with Crippen molar-refractivity contribution in [1.82, 2.24) is 4.90 Å². The van der Waals surface area contributed by atoms with E-state index in [1.165, 1.54) is 18.2 Å². The number of urea groups is 1. The zero-order valence-corrected chi connectivity index (χ0v) is 17.8. The van der Waals surface area contributed by atoms with Crippen LogP contribution in [0.4, 0.5) is 14.9 Å². The number of carbonyl (C=O) groups is 2. The number of primary amides is 1. The summed E-state index contributed by atoms with van der Waals surface area (Å²) in [6.07, 6.45) is 2.25. The monoisotopic (exact) mass is 448 g/mol. The van der Waals surface area contributed by atoms with Crippen molar-refractivity contribution in [3.63, 3.8) is 0 Å². The van der Waals surface area contributed by atoms with Gasteiger partial charge in [0.2, 0.25) is 0 Å². The van der Waals surface area contributed by atoms with Crippen LogP contribution in [0.5, 0.6) is 5.75 Å². The Balaban J connectivity index is 1.56. The van der Waals surface area contributed by atoms with Crippen LogP contribution in [0.25, 0.3) is 0 Å². The van der Waals surface area contributed by atoms with E-state index in [9.17, 15) is 14.0 Å². The van der Waals surface area contributed by atoms with E-state index in [-0.39, 0.29) is 23.7 Å². The SMILES string of the molecule is NCC1(Cc2ccc(F)cc2)CCN(C(=O)COc2ccc(Cl)cc2NC(N)=O)CC1. The van der Waals surface area contributed by atoms with Gasteiger partial charge in [-0.3, -0.25) is 4.79 Å². The molecule has 31 heavy (non-hydrogen) atoms. The Kier molecular flexibility index (Phi) is 7.35. The zero-order chi connectivity index (χ0) is 22.4. The van der Waals surface area contributed by atoms with Crippen LogP contribution in [-0.2, 0) is 11.2 Å². The molecule has 0 bridgehead atoms. The number of piperidine rings is 1. The molecule has 1 aliphatic rings. The number of hydrogen-bond donors (Lipinski definition) is 3. The maximum atomic E-state index is 13.2. The second-order valence-electron chi connectivity index (χ2n) is 7.81. The molecule has 0 aromatic heterocycles. The summed E-state index contributed by atoms with van der Waals surface area (Å²) in [5.74, 6) is -0.116. The molecule has 5 N–H and O–H groups in total. The summed E-state index contributed by atoms with van der Waals surface area (Å²) in [5.41, 5.74) is 12.5. The van der Waals surface area contributed by atoms with Crippen molar-refractivity contribution < 1.29 is 18.7 Å². The summed E-state index contributed by atoms with van der Waals surface area (Å²) in [7, 11) is 0. The van der Waals surface area contributed by atoms with Crippen LogP contribution in [0.1, 0.15) is 18.4 Å². The van der Waals surface area contributed by atoms with Gasteiger partial charge >= 0.3 is 6.03 Å². The smallest absolute Gasteiger partial charge is 0.316 e. The molecule has 2 aromatic carbocycles. The first-order valence-electron chi connectivity index (χ1n) is 10.0. The molecule has 7 nitrogen and oxygen atoms in total. The number of nitrogens with two attached hydrogens (primary N) is 2. The summed E-state index contributed by atoms with van der Waals surface area (Å²) >= 11 is 5.94. The Morgan fingerprint density at radius 3 is 2.45 bits per heavy atom. The number of benzene rings is 2. The number of amides is 3. The largest absolute Gasteiger partial charge is 0.482 e. The van der Waals surface area contributed by atoms with Crippen LogP contribution in [0.2, 0.25) is 5.02 Å². The van der Waals surface area contributed by atoms with Gasteiger partial charge in [-0.05, 0) is 67.1 Å². The van der Waals surface area contributed by atoms with Gasteiger partial charge in [0.15, 0.2) is 6.61 Å². The molecule has 1 fully saturated rings. The van der Waals surface area contributed by atoms with Gasteiger partial charge in [0, 0.05) is 18.1 Å². The number of hydrogen-bond acceptors (Lipinski definition) is 4. The number of nitrogens with zero attached hydrogens (tertiary/aromatic N) is 1. The lowest BCUT2D eigenvalue weighted by molar-refractivity contribution is -0.135. The number of nitrogens with one attached hydrogen (secondary N) is 1. The molecular weight excluding hydrogens is 423 g/mol. The lowest BCUT2D eigenvalue weighted by Crippen LogP contribution is -2.48. The fourth-order valence-corrected chi connectivity index (χ4v) is 3.98. The Bertz CT molecular complexity index is 931. The van der Waals surface area contributed by atoms with Crippen molar-refractivity contribution in [2.24, 2.45) is 16.9 Å². The number of ether oxygens (including phenoxy) is 1. The fourth-order valence-electron chi connectivity index (χ4n) is 3.81. The molecule has 2 aromatic rings. The molecule has 1 saturated heterocycles. The highest BCUT2D eigenvalue weighted by Crippen LogP contribution is 2.34. The summed E-state index contributed by atoms with van der Waals surface area (Å²) in [6, 6.07) is 10.4. The van der Waals surface area contributed by atoms with Gasteiger partial charge in [-0.2, -0.15) is 0 Å². The van der Waals surface area contributed by atoms with Crippen molar-refractivity contribution in [2.45, 2.75) is 19.3 Å². The van der Waals surface area contributed by atoms with Gasteiger partial charge in [-0.15, -0.1) is 0 Å². The van der Waals surface area contributed by atoms with Crippen molar-refractivity contribution in [1.29, 1.82) is 0 Å². The van der Waals surface area contributed by atoms with Gasteiger partial charge in [0.25, 0.3) is 5.91 Å². The number of carbonyl (C=O) groups excluding carboxylic acids is 2. The van der Waals surface area contributed by atoms with E-state index in [2.05, 4.69) is 5.32 Å². The lowest BCUT2D eigenvalue weighted by Gasteiger charge is -2.41. The molecule has 0 unspecified atom stereocenters. The molecular formula is C22H26ClFN4O3.